The van der Waals surface area contributed by atoms with Crippen LogP contribution in [0, 0.1) is 0 Å². The second-order valence-corrected chi connectivity index (χ2v) is 8.26. The molecule has 0 saturated carbocycles. The molecule has 1 fully saturated rings. The molecule has 0 aromatic heterocycles. The monoisotopic (exact) mass is 551 g/mol. The fourth-order valence-electron chi connectivity index (χ4n) is 3.77. The van der Waals surface area contributed by atoms with Gasteiger partial charge in [0, 0.05) is 39.3 Å². The van der Waals surface area contributed by atoms with Crippen LogP contribution in [0.5, 0.6) is 0 Å². The first-order valence-corrected chi connectivity index (χ1v) is 11.3. The average Bonchev–Trinajstić information content (AvgIpc) is 2.77. The second kappa shape index (κ2) is 14.5. The van der Waals surface area contributed by atoms with Crippen molar-refractivity contribution >= 4 is 29.9 Å². The fraction of sp³-hybridized carbons (Fsp3) is 0.480. The normalized spacial score (nSPS) is 14.8. The molecule has 6 nitrogen and oxygen atoms in total. The van der Waals surface area contributed by atoms with E-state index >= 15 is 0 Å². The molecule has 2 aromatic rings. The summed E-state index contributed by atoms with van der Waals surface area (Å²) in [7, 11) is 4.18. The summed E-state index contributed by atoms with van der Waals surface area (Å²) in [5.41, 5.74) is 5.22. The molecular formula is C25H38IN5O. The number of nitrogens with one attached hydrogen (secondary N) is 2. The fourth-order valence-corrected chi connectivity index (χ4v) is 3.77. The third-order valence-electron chi connectivity index (χ3n) is 5.32. The van der Waals surface area contributed by atoms with Gasteiger partial charge in [0.1, 0.15) is 0 Å². The number of ether oxygens (including phenoxy) is 1. The van der Waals surface area contributed by atoms with E-state index in [-0.39, 0.29) is 24.0 Å². The van der Waals surface area contributed by atoms with Crippen molar-refractivity contribution in [2.24, 2.45) is 4.99 Å². The first-order chi connectivity index (χ1) is 15.1. The minimum Gasteiger partial charge on any atom is -0.379 e. The molecule has 7 heteroatoms. The molecule has 0 bridgehead atoms. The van der Waals surface area contributed by atoms with Crippen LogP contribution in [0.25, 0.3) is 0 Å². The first-order valence-electron chi connectivity index (χ1n) is 11.3. The molecule has 1 aliphatic rings. The minimum absolute atomic E-state index is 0. The molecule has 1 heterocycles. The molecule has 0 aliphatic carbocycles. The van der Waals surface area contributed by atoms with Gasteiger partial charge in [0.15, 0.2) is 5.96 Å². The topological polar surface area (TPSA) is 52.1 Å². The highest BCUT2D eigenvalue weighted by Gasteiger charge is 2.12. The highest BCUT2D eigenvalue weighted by atomic mass is 127. The maximum absolute atomic E-state index is 5.48. The van der Waals surface area contributed by atoms with Crippen molar-refractivity contribution in [1.82, 2.24) is 20.4 Å². The maximum Gasteiger partial charge on any atom is 0.191 e. The van der Waals surface area contributed by atoms with Crippen LogP contribution in [0.1, 0.15) is 29.2 Å². The van der Waals surface area contributed by atoms with E-state index in [1.54, 1.807) is 0 Å². The molecular weight excluding hydrogens is 513 g/mol. The Morgan fingerprint density at radius 2 is 1.72 bits per heavy atom. The van der Waals surface area contributed by atoms with Gasteiger partial charge in [-0.15, -0.1) is 24.0 Å². The number of halogens is 1. The zero-order valence-electron chi connectivity index (χ0n) is 19.6. The molecule has 0 amide bonds. The van der Waals surface area contributed by atoms with E-state index in [0.717, 1.165) is 58.4 Å². The van der Waals surface area contributed by atoms with E-state index in [9.17, 15) is 0 Å². The number of morpholine rings is 1. The lowest BCUT2D eigenvalue weighted by Crippen LogP contribution is -2.38. The summed E-state index contributed by atoms with van der Waals surface area (Å²) < 4.78 is 5.48. The Hall–Kier alpha value is -1.68. The second-order valence-electron chi connectivity index (χ2n) is 8.26. The zero-order valence-corrected chi connectivity index (χ0v) is 22.0. The summed E-state index contributed by atoms with van der Waals surface area (Å²) in [6, 6.07) is 17.3. The van der Waals surface area contributed by atoms with E-state index < -0.39 is 0 Å². The van der Waals surface area contributed by atoms with E-state index in [4.69, 9.17) is 9.73 Å². The van der Waals surface area contributed by atoms with Crippen molar-refractivity contribution in [1.29, 1.82) is 0 Å². The van der Waals surface area contributed by atoms with Gasteiger partial charge in [-0.05, 0) is 43.3 Å². The van der Waals surface area contributed by atoms with Crippen LogP contribution in [0.2, 0.25) is 0 Å². The standard InChI is InChI=1S/C25H37N5O.HI/c1-4-26-25(27-17-21-8-7-9-22(16-21)19-29(2)3)28-18-23-10-5-6-11-24(23)20-30-12-14-31-15-13-30;/h5-11,16H,4,12-15,17-20H2,1-3H3,(H2,26,27,28);1H. The smallest absolute Gasteiger partial charge is 0.191 e. The molecule has 0 spiro atoms. The van der Waals surface area contributed by atoms with Crippen molar-refractivity contribution in [2.45, 2.75) is 33.1 Å². The highest BCUT2D eigenvalue weighted by molar-refractivity contribution is 14.0. The lowest BCUT2D eigenvalue weighted by atomic mass is 10.1. The Bertz CT molecular complexity index is 837. The number of hydrogen-bond donors (Lipinski definition) is 2. The van der Waals surface area contributed by atoms with Gasteiger partial charge in [-0.2, -0.15) is 0 Å². The molecule has 2 aromatic carbocycles. The summed E-state index contributed by atoms with van der Waals surface area (Å²) >= 11 is 0. The van der Waals surface area contributed by atoms with Crippen LogP contribution in [-0.2, 0) is 30.9 Å². The number of benzene rings is 2. The van der Waals surface area contributed by atoms with Gasteiger partial charge >= 0.3 is 0 Å². The van der Waals surface area contributed by atoms with Crippen LogP contribution >= 0.6 is 24.0 Å². The predicted octanol–water partition coefficient (Wildman–Crippen LogP) is 3.45. The third-order valence-corrected chi connectivity index (χ3v) is 5.32. The van der Waals surface area contributed by atoms with Crippen LogP contribution in [0.15, 0.2) is 53.5 Å². The summed E-state index contributed by atoms with van der Waals surface area (Å²) in [5, 5.41) is 6.89. The van der Waals surface area contributed by atoms with Gasteiger partial charge in [0.05, 0.1) is 19.8 Å². The van der Waals surface area contributed by atoms with Gasteiger partial charge in [0.2, 0.25) is 0 Å². The summed E-state index contributed by atoms with van der Waals surface area (Å²) in [6.45, 7) is 9.91. The molecule has 1 saturated heterocycles. The molecule has 2 N–H and O–H groups in total. The molecule has 176 valence electrons. The van der Waals surface area contributed by atoms with Crippen molar-refractivity contribution < 1.29 is 4.74 Å². The summed E-state index contributed by atoms with van der Waals surface area (Å²) in [4.78, 5) is 9.46. The summed E-state index contributed by atoms with van der Waals surface area (Å²) in [5.74, 6) is 0.849. The van der Waals surface area contributed by atoms with Gasteiger partial charge in [-0.1, -0.05) is 48.5 Å². The SMILES string of the molecule is CCNC(=NCc1cccc(CN(C)C)c1)NCc1ccccc1CN1CCOCC1.I. The van der Waals surface area contributed by atoms with Crippen molar-refractivity contribution in [2.75, 3.05) is 46.9 Å². The van der Waals surface area contributed by atoms with Gasteiger partial charge in [-0.3, -0.25) is 4.90 Å². The zero-order chi connectivity index (χ0) is 21.9. The Morgan fingerprint density at radius 1 is 1.00 bits per heavy atom. The number of aliphatic imine (C=N–C) groups is 1. The molecule has 3 rings (SSSR count). The predicted molar refractivity (Wildman–Crippen MR) is 143 cm³/mol. The average molecular weight is 552 g/mol. The van der Waals surface area contributed by atoms with E-state index in [1.807, 2.05) is 0 Å². The number of rotatable bonds is 9. The lowest BCUT2D eigenvalue weighted by Gasteiger charge is -2.27. The quantitative estimate of drug-likeness (QED) is 0.284. The van der Waals surface area contributed by atoms with Gasteiger partial charge in [-0.25, -0.2) is 4.99 Å². The molecule has 0 unspecified atom stereocenters. The lowest BCUT2D eigenvalue weighted by molar-refractivity contribution is 0.0341. The van der Waals surface area contributed by atoms with Crippen molar-refractivity contribution in [3.63, 3.8) is 0 Å². The van der Waals surface area contributed by atoms with Crippen molar-refractivity contribution in [3.05, 3.63) is 70.8 Å². The van der Waals surface area contributed by atoms with Crippen LogP contribution in [0.4, 0.5) is 0 Å². The van der Waals surface area contributed by atoms with Gasteiger partial charge in [0.25, 0.3) is 0 Å². The molecule has 32 heavy (non-hydrogen) atoms. The van der Waals surface area contributed by atoms with Crippen LogP contribution < -0.4 is 10.6 Å². The minimum atomic E-state index is 0. The van der Waals surface area contributed by atoms with Gasteiger partial charge < -0.3 is 20.3 Å². The largest absolute Gasteiger partial charge is 0.379 e. The highest BCUT2D eigenvalue weighted by Crippen LogP contribution is 2.13. The third kappa shape index (κ3) is 9.05. The Morgan fingerprint density at radius 3 is 2.44 bits per heavy atom. The van der Waals surface area contributed by atoms with Crippen LogP contribution in [-0.4, -0.2) is 62.7 Å². The van der Waals surface area contributed by atoms with Crippen molar-refractivity contribution in [3.8, 4) is 0 Å². The Balaban J connectivity index is 0.00000363. The number of nitrogens with zero attached hydrogens (tertiary/aromatic N) is 3. The van der Waals surface area contributed by atoms with Crippen LogP contribution in [0.3, 0.4) is 0 Å². The molecule has 1 aliphatic heterocycles. The number of guanidine groups is 1. The Kier molecular flexibility index (Phi) is 12.0. The molecule has 0 atom stereocenters. The number of hydrogen-bond acceptors (Lipinski definition) is 4. The van der Waals surface area contributed by atoms with E-state index in [0.29, 0.717) is 6.54 Å². The summed E-state index contributed by atoms with van der Waals surface area (Å²) in [6.07, 6.45) is 0. The Labute approximate surface area is 210 Å². The molecule has 0 radical (unpaired) electrons. The van der Waals surface area contributed by atoms with E-state index in [1.165, 1.54) is 22.3 Å². The van der Waals surface area contributed by atoms with E-state index in [2.05, 4.69) is 90.0 Å². The maximum atomic E-state index is 5.48. The first kappa shape index (κ1) is 26.6.